The monoisotopic (exact) mass is 367 g/mol. The Kier molecular flexibility index (Phi) is 4.34. The van der Waals surface area contributed by atoms with Crippen molar-refractivity contribution in [3.8, 4) is 0 Å². The molecule has 0 aliphatic rings. The van der Waals surface area contributed by atoms with E-state index in [1.165, 1.54) is 35.6 Å². The Morgan fingerprint density at radius 3 is 2.48 bits per heavy atom. The lowest BCUT2D eigenvalue weighted by molar-refractivity contribution is -0.141. The predicted molar refractivity (Wildman–Crippen MR) is 88.1 cm³/mol. The van der Waals surface area contributed by atoms with Crippen molar-refractivity contribution in [2.45, 2.75) is 19.5 Å². The van der Waals surface area contributed by atoms with Gasteiger partial charge in [0.25, 0.3) is 5.56 Å². The SMILES string of the molecule is Cc1ccc(CC(=O)Nn2nc(C(F)(F)F)c3ccccc3c2=O)s1. The summed E-state index contributed by atoms with van der Waals surface area (Å²) >= 11 is 1.39. The lowest BCUT2D eigenvalue weighted by Crippen LogP contribution is -2.37. The van der Waals surface area contributed by atoms with Gasteiger partial charge in [-0.2, -0.15) is 13.2 Å². The van der Waals surface area contributed by atoms with Crippen LogP contribution in [0.15, 0.2) is 41.2 Å². The van der Waals surface area contributed by atoms with E-state index in [0.29, 0.717) is 4.79 Å². The summed E-state index contributed by atoms with van der Waals surface area (Å²) in [6.07, 6.45) is -4.81. The van der Waals surface area contributed by atoms with Crippen LogP contribution < -0.4 is 11.0 Å². The molecule has 1 aromatic carbocycles. The fourth-order valence-electron chi connectivity index (χ4n) is 2.37. The molecule has 0 fully saturated rings. The zero-order chi connectivity index (χ0) is 18.2. The van der Waals surface area contributed by atoms with Crippen LogP contribution in [0.25, 0.3) is 10.8 Å². The molecule has 1 amide bonds. The van der Waals surface area contributed by atoms with Crippen LogP contribution in [0, 0.1) is 6.92 Å². The van der Waals surface area contributed by atoms with Gasteiger partial charge < -0.3 is 0 Å². The van der Waals surface area contributed by atoms with E-state index in [2.05, 4.69) is 10.5 Å². The van der Waals surface area contributed by atoms with E-state index in [1.807, 2.05) is 13.0 Å². The molecule has 130 valence electrons. The standard InChI is InChI=1S/C16H12F3N3O2S/c1-9-6-7-10(25-9)8-13(23)20-22-15(24)12-5-3-2-4-11(12)14(21-22)16(17,18)19/h2-7H,8H2,1H3,(H,20,23). The van der Waals surface area contributed by atoms with Crippen LogP contribution >= 0.6 is 11.3 Å². The van der Waals surface area contributed by atoms with Crippen LogP contribution in [0.3, 0.4) is 0 Å². The number of benzene rings is 1. The molecule has 0 saturated heterocycles. The summed E-state index contributed by atoms with van der Waals surface area (Å²) in [6.45, 7) is 1.87. The number of carbonyl (C=O) groups is 1. The maximum absolute atomic E-state index is 13.2. The van der Waals surface area contributed by atoms with Crippen LogP contribution in [0.5, 0.6) is 0 Å². The number of aromatic nitrogens is 2. The van der Waals surface area contributed by atoms with Crippen molar-refractivity contribution in [3.63, 3.8) is 0 Å². The van der Waals surface area contributed by atoms with Gasteiger partial charge in [-0.1, -0.05) is 18.2 Å². The van der Waals surface area contributed by atoms with E-state index in [1.54, 1.807) is 6.07 Å². The highest BCUT2D eigenvalue weighted by Crippen LogP contribution is 2.31. The quantitative estimate of drug-likeness (QED) is 0.774. The van der Waals surface area contributed by atoms with Gasteiger partial charge in [0.1, 0.15) is 0 Å². The summed E-state index contributed by atoms with van der Waals surface area (Å²) in [6, 6.07) is 8.85. The number of carbonyl (C=O) groups excluding carboxylic acids is 1. The number of nitrogens with zero attached hydrogens (tertiary/aromatic N) is 2. The second-order valence-electron chi connectivity index (χ2n) is 5.33. The summed E-state index contributed by atoms with van der Waals surface area (Å²) in [4.78, 5) is 26.5. The van der Waals surface area contributed by atoms with Gasteiger partial charge in [-0.25, -0.2) is 5.43 Å². The number of fused-ring (bicyclic) bond motifs is 1. The second kappa shape index (κ2) is 6.32. The average molecular weight is 367 g/mol. The van der Waals surface area contributed by atoms with Gasteiger partial charge in [-0.15, -0.1) is 21.2 Å². The zero-order valence-corrected chi connectivity index (χ0v) is 13.7. The molecule has 0 aliphatic carbocycles. The van der Waals surface area contributed by atoms with E-state index in [4.69, 9.17) is 0 Å². The van der Waals surface area contributed by atoms with Gasteiger partial charge in [0.15, 0.2) is 5.69 Å². The third kappa shape index (κ3) is 3.55. The largest absolute Gasteiger partial charge is 0.435 e. The van der Waals surface area contributed by atoms with E-state index >= 15 is 0 Å². The van der Waals surface area contributed by atoms with Gasteiger partial charge in [0.2, 0.25) is 5.91 Å². The first-order valence-corrected chi connectivity index (χ1v) is 8.02. The first-order chi connectivity index (χ1) is 11.8. The maximum atomic E-state index is 13.2. The van der Waals surface area contributed by atoms with Gasteiger partial charge in [0, 0.05) is 15.1 Å². The van der Waals surface area contributed by atoms with Crippen molar-refractivity contribution in [2.75, 3.05) is 5.43 Å². The van der Waals surface area contributed by atoms with Crippen molar-refractivity contribution in [1.82, 2.24) is 9.89 Å². The fraction of sp³-hybridized carbons (Fsp3) is 0.188. The Hall–Kier alpha value is -2.68. The molecule has 2 heterocycles. The van der Waals surface area contributed by atoms with Gasteiger partial charge in [-0.05, 0) is 25.1 Å². The zero-order valence-electron chi connectivity index (χ0n) is 12.9. The third-order valence-corrected chi connectivity index (χ3v) is 4.44. The van der Waals surface area contributed by atoms with Gasteiger partial charge in [0.05, 0.1) is 11.8 Å². The number of hydrogen-bond acceptors (Lipinski definition) is 4. The van der Waals surface area contributed by atoms with Crippen molar-refractivity contribution in [2.24, 2.45) is 0 Å². The normalized spacial score (nSPS) is 11.7. The summed E-state index contributed by atoms with van der Waals surface area (Å²) in [5, 5.41) is 2.83. The number of nitrogens with one attached hydrogen (secondary N) is 1. The minimum absolute atomic E-state index is 0.0548. The van der Waals surface area contributed by atoms with E-state index < -0.39 is 23.3 Å². The molecule has 0 unspecified atom stereocenters. The summed E-state index contributed by atoms with van der Waals surface area (Å²) in [7, 11) is 0. The van der Waals surface area contributed by atoms with Crippen LogP contribution in [-0.4, -0.2) is 15.8 Å². The second-order valence-corrected chi connectivity index (χ2v) is 6.71. The predicted octanol–water partition coefficient (Wildman–Crippen LogP) is 3.10. The molecule has 0 bridgehead atoms. The molecule has 3 rings (SSSR count). The highest BCUT2D eigenvalue weighted by atomic mass is 32.1. The number of hydrogen-bond donors (Lipinski definition) is 1. The van der Waals surface area contributed by atoms with Crippen LogP contribution in [0.1, 0.15) is 15.4 Å². The molecule has 3 aromatic rings. The summed E-state index contributed by atoms with van der Waals surface area (Å²) < 4.78 is 39.7. The smallest absolute Gasteiger partial charge is 0.273 e. The number of aryl methyl sites for hydroxylation is 1. The van der Waals surface area contributed by atoms with Gasteiger partial charge in [-0.3, -0.25) is 9.59 Å². The average Bonchev–Trinajstić information content (AvgIpc) is 2.94. The molecule has 25 heavy (non-hydrogen) atoms. The Morgan fingerprint density at radius 1 is 1.20 bits per heavy atom. The first kappa shape index (κ1) is 17.2. The Labute approximate surface area is 143 Å². The molecule has 0 saturated carbocycles. The summed E-state index contributed by atoms with van der Waals surface area (Å²) in [5.74, 6) is -0.625. The highest BCUT2D eigenvalue weighted by Gasteiger charge is 2.36. The molecule has 5 nitrogen and oxygen atoms in total. The third-order valence-electron chi connectivity index (χ3n) is 3.43. The van der Waals surface area contributed by atoms with Crippen molar-refractivity contribution < 1.29 is 18.0 Å². The molecular formula is C16H12F3N3O2S. The lowest BCUT2D eigenvalue weighted by Gasteiger charge is -2.13. The molecule has 9 heteroatoms. The molecule has 1 N–H and O–H groups in total. The number of halogens is 3. The number of amides is 1. The maximum Gasteiger partial charge on any atom is 0.435 e. The molecule has 2 aromatic heterocycles. The van der Waals surface area contributed by atoms with Crippen LogP contribution in [-0.2, 0) is 17.4 Å². The molecule has 0 aliphatic heterocycles. The minimum atomic E-state index is -4.76. The number of alkyl halides is 3. The van der Waals surface area contributed by atoms with Crippen LogP contribution in [0.2, 0.25) is 0 Å². The highest BCUT2D eigenvalue weighted by molar-refractivity contribution is 7.12. The van der Waals surface area contributed by atoms with E-state index in [9.17, 15) is 22.8 Å². The lowest BCUT2D eigenvalue weighted by atomic mass is 10.1. The van der Waals surface area contributed by atoms with Crippen molar-refractivity contribution in [3.05, 3.63) is 62.2 Å². The Morgan fingerprint density at radius 2 is 1.88 bits per heavy atom. The van der Waals surface area contributed by atoms with Crippen molar-refractivity contribution in [1.29, 1.82) is 0 Å². The van der Waals surface area contributed by atoms with Crippen molar-refractivity contribution >= 4 is 28.0 Å². The molecule has 0 radical (unpaired) electrons. The van der Waals surface area contributed by atoms with Gasteiger partial charge >= 0.3 is 6.18 Å². The fourth-order valence-corrected chi connectivity index (χ4v) is 3.26. The minimum Gasteiger partial charge on any atom is -0.273 e. The molecule has 0 atom stereocenters. The van der Waals surface area contributed by atoms with Crippen LogP contribution in [0.4, 0.5) is 13.2 Å². The summed E-state index contributed by atoms with van der Waals surface area (Å²) in [5.41, 5.74) is 0.0864. The first-order valence-electron chi connectivity index (χ1n) is 7.20. The number of thiophene rings is 1. The van der Waals surface area contributed by atoms with E-state index in [0.717, 1.165) is 9.75 Å². The Bertz CT molecular complexity index is 1010. The topological polar surface area (TPSA) is 64.0 Å². The molecule has 0 spiro atoms. The molecular weight excluding hydrogens is 355 g/mol. The number of rotatable bonds is 3. The van der Waals surface area contributed by atoms with E-state index in [-0.39, 0.29) is 17.2 Å². The Balaban J connectivity index is 2.00.